The molecule has 0 aliphatic carbocycles. The van der Waals surface area contributed by atoms with Gasteiger partial charge in [-0.05, 0) is 58.6 Å². The van der Waals surface area contributed by atoms with Gasteiger partial charge < -0.3 is 13.8 Å². The van der Waals surface area contributed by atoms with Gasteiger partial charge in [0.2, 0.25) is 0 Å². The first kappa shape index (κ1) is 43.1. The zero-order chi connectivity index (χ0) is 43.0. The van der Waals surface area contributed by atoms with Crippen LogP contribution in [0.15, 0.2) is 114 Å². The Labute approximate surface area is 378 Å². The smallest absolute Gasteiger partial charge is 0.163 e. The zero-order valence-electron chi connectivity index (χ0n) is 37.4. The summed E-state index contributed by atoms with van der Waals surface area (Å²) in [6, 6.07) is 42.1. The maximum Gasteiger partial charge on any atom is 0.163 e. The summed E-state index contributed by atoms with van der Waals surface area (Å²) in [4.78, 5) is 24.3. The molecule has 0 bridgehead atoms. The van der Waals surface area contributed by atoms with Gasteiger partial charge in [-0.3, -0.25) is 4.98 Å². The Balaban J connectivity index is 0.000000223. The van der Waals surface area contributed by atoms with Crippen molar-refractivity contribution in [2.24, 2.45) is 0 Å². The molecule has 0 aliphatic heterocycles. The third-order valence-corrected chi connectivity index (χ3v) is 13.4. The van der Waals surface area contributed by atoms with E-state index in [0.29, 0.717) is 11.7 Å². The van der Waals surface area contributed by atoms with Crippen molar-refractivity contribution >= 4 is 73.6 Å². The summed E-state index contributed by atoms with van der Waals surface area (Å²) < 4.78 is 8.79. The topological polar surface area (TPSA) is 82.0 Å². The molecule has 0 aliphatic rings. The fourth-order valence-corrected chi connectivity index (χ4v) is 9.76. The number of rotatable bonds is 4. The Hall–Kier alpha value is -5.60. The van der Waals surface area contributed by atoms with Crippen molar-refractivity contribution in [1.29, 1.82) is 0 Å². The quantitative estimate of drug-likeness (QED) is 0.0992. The standard InChI is InChI=1S/C36H30N5O.C17H22NSi.Ir/c1-35(2,3)33-38-31(39-34(40-33)36(4,5)6)20-15-16-22-25-18-28-24(19-30(25)42-29(22)17-20)21-11-7-8-12-23(21)32-37-26-13-9-10-14-27(26)41(28)32;1-13(2)15-11-16(14-9-7-6-8-10-14)18-12-17(15)19(3,4)5;/h7-11,13-19H,1-6H3;6-9,11-13H,1-5H3;/q2*-1;. The number of imidazole rings is 1. The second-order valence-corrected chi connectivity index (χ2v) is 24.6. The van der Waals surface area contributed by atoms with Crippen molar-refractivity contribution in [3.63, 3.8) is 0 Å². The van der Waals surface area contributed by atoms with E-state index in [4.69, 9.17) is 24.4 Å². The van der Waals surface area contributed by atoms with Gasteiger partial charge in [0.25, 0.3) is 0 Å². The molecule has 10 aromatic rings. The Morgan fingerprint density at radius 2 is 1.34 bits per heavy atom. The molecular formula is C53H52IrN6OSi-2. The molecular weight excluding hydrogens is 957 g/mol. The third kappa shape index (κ3) is 7.87. The molecule has 10 rings (SSSR count). The SMILES string of the molecule is CC(C)(C)c1nc(-c2ccc3c(c2)oc2cc4c5ccc[c-]c5c5nc6ccccc6n5c4cc23)nc(C(C)(C)C)n1.CC(C)c1cc(-c2[c-]cccc2)ncc1[Si](C)(C)C.[Ir]. The molecule has 7 nitrogen and oxygen atoms in total. The van der Waals surface area contributed by atoms with Gasteiger partial charge in [-0.2, -0.15) is 0 Å². The van der Waals surface area contributed by atoms with E-state index in [1.54, 1.807) is 0 Å². The first-order valence-electron chi connectivity index (χ1n) is 21.2. The first-order chi connectivity index (χ1) is 29.0. The molecule has 5 aromatic carbocycles. The van der Waals surface area contributed by atoms with Gasteiger partial charge in [0.15, 0.2) is 5.82 Å². The minimum absolute atomic E-state index is 0. The number of benzene rings is 5. The van der Waals surface area contributed by atoms with E-state index in [9.17, 15) is 0 Å². The fourth-order valence-electron chi connectivity index (χ4n) is 8.09. The maximum atomic E-state index is 6.54. The minimum Gasteiger partial charge on any atom is -0.456 e. The van der Waals surface area contributed by atoms with Crippen LogP contribution in [0, 0.1) is 12.1 Å². The predicted octanol–water partition coefficient (Wildman–Crippen LogP) is 13.2. The molecule has 5 heterocycles. The summed E-state index contributed by atoms with van der Waals surface area (Å²) in [5.74, 6) is 2.77. The van der Waals surface area contributed by atoms with Crippen LogP contribution in [0.5, 0.6) is 0 Å². The van der Waals surface area contributed by atoms with Crippen molar-refractivity contribution in [2.75, 3.05) is 0 Å². The number of furan rings is 1. The van der Waals surface area contributed by atoms with Crippen LogP contribution >= 0.6 is 0 Å². The van der Waals surface area contributed by atoms with Crippen LogP contribution in [0.2, 0.25) is 19.6 Å². The molecule has 0 unspecified atom stereocenters. The largest absolute Gasteiger partial charge is 0.456 e. The maximum absolute atomic E-state index is 6.54. The summed E-state index contributed by atoms with van der Waals surface area (Å²) in [5, 5.41) is 6.79. The average Bonchev–Trinajstić information content (AvgIpc) is 3.80. The van der Waals surface area contributed by atoms with Gasteiger partial charge in [0.05, 0.1) is 24.8 Å². The van der Waals surface area contributed by atoms with Crippen molar-refractivity contribution in [3.05, 3.63) is 139 Å². The Morgan fingerprint density at radius 1 is 0.645 bits per heavy atom. The van der Waals surface area contributed by atoms with Crippen molar-refractivity contribution in [1.82, 2.24) is 29.3 Å². The van der Waals surface area contributed by atoms with Crippen molar-refractivity contribution < 1.29 is 24.5 Å². The van der Waals surface area contributed by atoms with E-state index in [0.717, 1.165) is 88.8 Å². The molecule has 0 fully saturated rings. The van der Waals surface area contributed by atoms with E-state index in [1.807, 2.05) is 36.4 Å². The number of hydrogen-bond acceptors (Lipinski definition) is 6. The molecule has 0 saturated carbocycles. The van der Waals surface area contributed by atoms with E-state index >= 15 is 0 Å². The van der Waals surface area contributed by atoms with Gasteiger partial charge in [0.1, 0.15) is 22.8 Å². The monoisotopic (exact) mass is 1010 g/mol. The summed E-state index contributed by atoms with van der Waals surface area (Å²) >= 11 is 0. The number of nitrogens with zero attached hydrogens (tertiary/aromatic N) is 6. The summed E-state index contributed by atoms with van der Waals surface area (Å²) in [7, 11) is -1.34. The Bertz CT molecular complexity index is 3260. The second kappa shape index (κ2) is 15.9. The average molecular weight is 1010 g/mol. The summed E-state index contributed by atoms with van der Waals surface area (Å²) in [6.07, 6.45) is 2.09. The third-order valence-electron chi connectivity index (χ3n) is 11.3. The van der Waals surface area contributed by atoms with E-state index in [1.165, 1.54) is 10.8 Å². The van der Waals surface area contributed by atoms with Crippen LogP contribution in [0.4, 0.5) is 0 Å². The van der Waals surface area contributed by atoms with Crippen molar-refractivity contribution in [2.45, 2.75) is 91.8 Å². The van der Waals surface area contributed by atoms with Gasteiger partial charge in [-0.15, -0.1) is 65.5 Å². The van der Waals surface area contributed by atoms with Crippen LogP contribution in [0.3, 0.4) is 0 Å². The van der Waals surface area contributed by atoms with Gasteiger partial charge in [-0.25, -0.2) is 15.0 Å². The number of fused-ring (bicyclic) bond motifs is 11. The number of para-hydroxylation sites is 2. The van der Waals surface area contributed by atoms with Crippen LogP contribution in [-0.4, -0.2) is 37.4 Å². The molecule has 62 heavy (non-hydrogen) atoms. The number of aromatic nitrogens is 6. The van der Waals surface area contributed by atoms with Crippen molar-refractivity contribution in [3.8, 4) is 22.6 Å². The van der Waals surface area contributed by atoms with Gasteiger partial charge in [-0.1, -0.05) is 110 Å². The zero-order valence-corrected chi connectivity index (χ0v) is 40.8. The predicted molar refractivity (Wildman–Crippen MR) is 256 cm³/mol. The molecule has 0 saturated heterocycles. The molecule has 0 spiro atoms. The molecule has 5 aromatic heterocycles. The van der Waals surface area contributed by atoms with E-state index < -0.39 is 8.07 Å². The molecule has 1 radical (unpaired) electrons. The van der Waals surface area contributed by atoms with Crippen LogP contribution in [0.1, 0.15) is 78.5 Å². The Morgan fingerprint density at radius 3 is 2.02 bits per heavy atom. The molecule has 0 amide bonds. The minimum atomic E-state index is -1.34. The number of hydrogen-bond donors (Lipinski definition) is 0. The number of pyridine rings is 2. The normalized spacial score (nSPS) is 12.5. The summed E-state index contributed by atoms with van der Waals surface area (Å²) in [6.45, 7) is 24.5. The first-order valence-corrected chi connectivity index (χ1v) is 24.7. The van der Waals surface area contributed by atoms with Gasteiger partial charge in [0, 0.05) is 59.0 Å². The van der Waals surface area contributed by atoms with Crippen LogP contribution in [0.25, 0.3) is 82.9 Å². The van der Waals surface area contributed by atoms with E-state index in [-0.39, 0.29) is 30.9 Å². The summed E-state index contributed by atoms with van der Waals surface area (Å²) in [5.41, 5.74) is 9.73. The molecule has 9 heteroatoms. The van der Waals surface area contributed by atoms with Crippen LogP contribution in [-0.2, 0) is 30.9 Å². The van der Waals surface area contributed by atoms with E-state index in [2.05, 4.69) is 169 Å². The van der Waals surface area contributed by atoms with Gasteiger partial charge >= 0.3 is 0 Å². The second-order valence-electron chi connectivity index (χ2n) is 19.5. The molecule has 315 valence electrons. The fraction of sp³-hybridized carbons (Fsp3) is 0.264. The molecule has 0 N–H and O–H groups in total. The molecule has 0 atom stereocenters. The Kier molecular flexibility index (Phi) is 11.1. The van der Waals surface area contributed by atoms with Crippen LogP contribution < -0.4 is 5.19 Å².